The van der Waals surface area contributed by atoms with Gasteiger partial charge in [-0.3, -0.25) is 9.59 Å². The van der Waals surface area contributed by atoms with E-state index < -0.39 is 0 Å². The van der Waals surface area contributed by atoms with E-state index in [1.54, 1.807) is 29.2 Å². The zero-order chi connectivity index (χ0) is 18.5. The van der Waals surface area contributed by atoms with Crippen LogP contribution in [0.1, 0.15) is 31.7 Å². The third-order valence-corrected chi connectivity index (χ3v) is 4.93. The lowest BCUT2D eigenvalue weighted by Crippen LogP contribution is -2.28. The number of carbonyl (C=O) groups is 2. The monoisotopic (exact) mass is 370 g/mol. The largest absolute Gasteiger partial charge is 0.326 e. The fourth-order valence-electron chi connectivity index (χ4n) is 3.13. The second-order valence-corrected chi connectivity index (χ2v) is 7.11. The number of anilines is 2. The molecule has 1 fully saturated rings. The van der Waals surface area contributed by atoms with Crippen molar-refractivity contribution in [2.45, 2.75) is 32.6 Å². The number of carbonyl (C=O) groups excluding carboxylic acids is 2. The lowest BCUT2D eigenvalue weighted by Gasteiger charge is -2.16. The van der Waals surface area contributed by atoms with Gasteiger partial charge in [0.1, 0.15) is 0 Å². The number of hydrogen-bond donors (Lipinski definition) is 1. The summed E-state index contributed by atoms with van der Waals surface area (Å²) in [5.41, 5.74) is 2.82. The standard InChI is InChI=1S/C21H23ClN2O2/c1-2-3-4-15-5-9-18(10-6-15)23-21(26)16-13-20(25)24(14-16)19-11-7-17(22)8-12-19/h5-12,16H,2-4,13-14H2,1H3,(H,23,26). The summed E-state index contributed by atoms with van der Waals surface area (Å²) >= 11 is 5.90. The molecule has 1 heterocycles. The van der Waals surface area contributed by atoms with Gasteiger partial charge in [-0.25, -0.2) is 0 Å². The summed E-state index contributed by atoms with van der Waals surface area (Å²) in [7, 11) is 0. The van der Waals surface area contributed by atoms with Gasteiger partial charge >= 0.3 is 0 Å². The highest BCUT2D eigenvalue weighted by atomic mass is 35.5. The van der Waals surface area contributed by atoms with E-state index in [-0.39, 0.29) is 24.2 Å². The van der Waals surface area contributed by atoms with Crippen molar-refractivity contribution in [1.82, 2.24) is 0 Å². The summed E-state index contributed by atoms with van der Waals surface area (Å²) in [5, 5.41) is 3.55. The van der Waals surface area contributed by atoms with E-state index >= 15 is 0 Å². The molecule has 26 heavy (non-hydrogen) atoms. The first kappa shape index (κ1) is 18.5. The van der Waals surface area contributed by atoms with Gasteiger partial charge in [0.05, 0.1) is 5.92 Å². The molecule has 1 aliphatic heterocycles. The average Bonchev–Trinajstić information content (AvgIpc) is 3.04. The third-order valence-electron chi connectivity index (χ3n) is 4.67. The molecule has 0 aliphatic carbocycles. The average molecular weight is 371 g/mol. The van der Waals surface area contributed by atoms with Crippen LogP contribution in [0.4, 0.5) is 11.4 Å². The van der Waals surface area contributed by atoms with Crippen molar-refractivity contribution in [2.24, 2.45) is 5.92 Å². The summed E-state index contributed by atoms with van der Waals surface area (Å²) in [6.07, 6.45) is 3.61. The van der Waals surface area contributed by atoms with Crippen LogP contribution < -0.4 is 10.2 Å². The minimum atomic E-state index is -0.349. The topological polar surface area (TPSA) is 49.4 Å². The Labute approximate surface area is 159 Å². The van der Waals surface area contributed by atoms with Gasteiger partial charge < -0.3 is 10.2 Å². The summed E-state index contributed by atoms with van der Waals surface area (Å²) in [6, 6.07) is 15.0. The lowest BCUT2D eigenvalue weighted by atomic mass is 10.1. The molecule has 0 saturated carbocycles. The number of rotatable bonds is 6. The van der Waals surface area contributed by atoms with Crippen LogP contribution in [0.2, 0.25) is 5.02 Å². The molecule has 2 aromatic rings. The lowest BCUT2D eigenvalue weighted by molar-refractivity contribution is -0.122. The Kier molecular flexibility index (Phi) is 5.94. The highest BCUT2D eigenvalue weighted by molar-refractivity contribution is 6.30. The highest BCUT2D eigenvalue weighted by Gasteiger charge is 2.35. The van der Waals surface area contributed by atoms with Crippen molar-refractivity contribution >= 4 is 34.8 Å². The molecule has 1 unspecified atom stereocenters. The van der Waals surface area contributed by atoms with Crippen LogP contribution in [0.5, 0.6) is 0 Å². The van der Waals surface area contributed by atoms with E-state index in [0.29, 0.717) is 11.6 Å². The van der Waals surface area contributed by atoms with Crippen LogP contribution in [0.15, 0.2) is 48.5 Å². The summed E-state index contributed by atoms with van der Waals surface area (Å²) in [6.45, 7) is 2.56. The predicted molar refractivity (Wildman–Crippen MR) is 106 cm³/mol. The number of halogens is 1. The molecule has 1 atom stereocenters. The first-order chi connectivity index (χ1) is 12.6. The zero-order valence-electron chi connectivity index (χ0n) is 14.9. The van der Waals surface area contributed by atoms with Gasteiger partial charge in [0.15, 0.2) is 0 Å². The maximum absolute atomic E-state index is 12.5. The van der Waals surface area contributed by atoms with Gasteiger partial charge in [0.2, 0.25) is 11.8 Å². The fourth-order valence-corrected chi connectivity index (χ4v) is 3.26. The normalized spacial score (nSPS) is 16.8. The molecule has 0 aromatic heterocycles. The van der Waals surface area contributed by atoms with E-state index in [9.17, 15) is 9.59 Å². The van der Waals surface area contributed by atoms with Crippen LogP contribution in [0.25, 0.3) is 0 Å². The Bertz CT molecular complexity index is 772. The number of unbranched alkanes of at least 4 members (excludes halogenated alkanes) is 1. The number of nitrogens with zero attached hydrogens (tertiary/aromatic N) is 1. The first-order valence-corrected chi connectivity index (χ1v) is 9.40. The molecule has 2 amide bonds. The molecule has 1 N–H and O–H groups in total. The quantitative estimate of drug-likeness (QED) is 0.802. The van der Waals surface area contributed by atoms with E-state index in [4.69, 9.17) is 11.6 Å². The Morgan fingerprint density at radius 2 is 1.85 bits per heavy atom. The van der Waals surface area contributed by atoms with Crippen molar-refractivity contribution in [2.75, 3.05) is 16.8 Å². The van der Waals surface area contributed by atoms with Crippen LogP contribution >= 0.6 is 11.6 Å². The van der Waals surface area contributed by atoms with E-state index in [1.807, 2.05) is 24.3 Å². The molecule has 5 heteroatoms. The van der Waals surface area contributed by atoms with Crippen molar-refractivity contribution < 1.29 is 9.59 Å². The van der Waals surface area contributed by atoms with Crippen LogP contribution in [0.3, 0.4) is 0 Å². The number of nitrogens with one attached hydrogen (secondary N) is 1. The second kappa shape index (κ2) is 8.37. The van der Waals surface area contributed by atoms with Gasteiger partial charge in [0.25, 0.3) is 0 Å². The molecule has 4 nitrogen and oxygen atoms in total. The predicted octanol–water partition coefficient (Wildman–Crippen LogP) is 4.67. The fraction of sp³-hybridized carbons (Fsp3) is 0.333. The Balaban J connectivity index is 1.60. The molecular weight excluding hydrogens is 348 g/mol. The summed E-state index contributed by atoms with van der Waals surface area (Å²) in [4.78, 5) is 26.5. The van der Waals surface area contributed by atoms with E-state index in [1.165, 1.54) is 5.56 Å². The number of benzene rings is 2. The molecule has 1 aliphatic rings. The molecular formula is C21H23ClN2O2. The Morgan fingerprint density at radius 1 is 1.15 bits per heavy atom. The summed E-state index contributed by atoms with van der Waals surface area (Å²) < 4.78 is 0. The van der Waals surface area contributed by atoms with Crippen LogP contribution in [-0.2, 0) is 16.0 Å². The molecule has 2 aromatic carbocycles. The van der Waals surface area contributed by atoms with Crippen molar-refractivity contribution in [3.63, 3.8) is 0 Å². The van der Waals surface area contributed by atoms with Gasteiger partial charge in [-0.05, 0) is 54.8 Å². The van der Waals surface area contributed by atoms with Gasteiger partial charge in [0, 0.05) is 29.4 Å². The van der Waals surface area contributed by atoms with Crippen LogP contribution in [-0.4, -0.2) is 18.4 Å². The Morgan fingerprint density at radius 3 is 2.50 bits per heavy atom. The van der Waals surface area contributed by atoms with Crippen molar-refractivity contribution in [3.8, 4) is 0 Å². The molecule has 1 saturated heterocycles. The molecule has 136 valence electrons. The number of hydrogen-bond acceptors (Lipinski definition) is 2. The third kappa shape index (κ3) is 4.44. The van der Waals surface area contributed by atoms with Gasteiger partial charge in [-0.1, -0.05) is 37.1 Å². The zero-order valence-corrected chi connectivity index (χ0v) is 15.6. The molecule has 0 spiro atoms. The SMILES string of the molecule is CCCCc1ccc(NC(=O)C2CC(=O)N(c3ccc(Cl)cc3)C2)cc1. The molecule has 3 rings (SSSR count). The van der Waals surface area contributed by atoms with E-state index in [0.717, 1.165) is 30.6 Å². The van der Waals surface area contributed by atoms with Crippen molar-refractivity contribution in [3.05, 3.63) is 59.1 Å². The smallest absolute Gasteiger partial charge is 0.229 e. The summed E-state index contributed by atoms with van der Waals surface area (Å²) in [5.74, 6) is -0.503. The van der Waals surface area contributed by atoms with Crippen molar-refractivity contribution in [1.29, 1.82) is 0 Å². The minimum absolute atomic E-state index is 0.0395. The van der Waals surface area contributed by atoms with Crippen LogP contribution in [0, 0.1) is 5.92 Å². The molecule has 0 bridgehead atoms. The second-order valence-electron chi connectivity index (χ2n) is 6.67. The molecule has 0 radical (unpaired) electrons. The number of aryl methyl sites for hydroxylation is 1. The Hall–Kier alpha value is -2.33. The maximum Gasteiger partial charge on any atom is 0.229 e. The first-order valence-electron chi connectivity index (χ1n) is 9.02. The van der Waals surface area contributed by atoms with Gasteiger partial charge in [-0.2, -0.15) is 0 Å². The van der Waals surface area contributed by atoms with Gasteiger partial charge in [-0.15, -0.1) is 0 Å². The minimum Gasteiger partial charge on any atom is -0.326 e. The van der Waals surface area contributed by atoms with E-state index in [2.05, 4.69) is 12.2 Å². The number of amides is 2. The highest BCUT2D eigenvalue weighted by Crippen LogP contribution is 2.27. The maximum atomic E-state index is 12.5.